The first-order chi connectivity index (χ1) is 11.6. The van der Waals surface area contributed by atoms with Gasteiger partial charge in [0.25, 0.3) is 0 Å². The Morgan fingerprint density at radius 2 is 2.08 bits per heavy atom. The van der Waals surface area contributed by atoms with Crippen molar-refractivity contribution in [2.75, 3.05) is 13.7 Å². The fraction of sp³-hybridized carbons (Fsp3) is 0.650. The summed E-state index contributed by atoms with van der Waals surface area (Å²) in [6.45, 7) is 2.20. The molecule has 2 atom stereocenters. The van der Waals surface area contributed by atoms with Crippen molar-refractivity contribution in [3.63, 3.8) is 0 Å². The number of methoxy groups -OCH3 is 1. The number of nitrogens with one attached hydrogen (secondary N) is 1. The number of ether oxygens (including phenoxy) is 1. The lowest BCUT2D eigenvalue weighted by atomic mass is 9.82. The second-order valence-corrected chi connectivity index (χ2v) is 6.97. The summed E-state index contributed by atoms with van der Waals surface area (Å²) in [6, 6.07) is 8.01. The molecule has 2 unspecified atom stereocenters. The molecule has 1 aromatic carbocycles. The first-order valence-corrected chi connectivity index (χ1v) is 9.18. The number of aliphatic hydroxyl groups excluding tert-OH is 1. The van der Waals surface area contributed by atoms with Gasteiger partial charge >= 0.3 is 0 Å². The summed E-state index contributed by atoms with van der Waals surface area (Å²) in [5.74, 6) is 1.55. The van der Waals surface area contributed by atoms with Crippen LogP contribution >= 0.6 is 0 Å². The Kier molecular flexibility index (Phi) is 7.57. The van der Waals surface area contributed by atoms with E-state index in [2.05, 4.69) is 12.2 Å². The summed E-state index contributed by atoms with van der Waals surface area (Å²) in [7, 11) is 1.65. The average Bonchev–Trinajstić information content (AvgIpc) is 2.62. The van der Waals surface area contributed by atoms with Gasteiger partial charge < -0.3 is 15.2 Å². The highest BCUT2D eigenvalue weighted by molar-refractivity contribution is 5.77. The van der Waals surface area contributed by atoms with Crippen LogP contribution in [0.15, 0.2) is 24.3 Å². The molecule has 4 heteroatoms. The minimum atomic E-state index is 0.0781. The molecule has 1 saturated carbocycles. The van der Waals surface area contributed by atoms with Crippen LogP contribution in [0.5, 0.6) is 5.75 Å². The minimum absolute atomic E-state index is 0.0781. The Balaban J connectivity index is 1.91. The highest BCUT2D eigenvalue weighted by atomic mass is 16.5. The van der Waals surface area contributed by atoms with E-state index in [9.17, 15) is 9.90 Å². The van der Waals surface area contributed by atoms with E-state index in [1.165, 1.54) is 19.3 Å². The van der Waals surface area contributed by atoms with Crippen LogP contribution in [-0.2, 0) is 4.79 Å². The van der Waals surface area contributed by atoms with Crippen molar-refractivity contribution in [2.24, 2.45) is 5.92 Å². The van der Waals surface area contributed by atoms with Gasteiger partial charge in [-0.05, 0) is 48.8 Å². The average molecular weight is 333 g/mol. The van der Waals surface area contributed by atoms with Gasteiger partial charge in [-0.1, -0.05) is 38.3 Å². The van der Waals surface area contributed by atoms with Crippen molar-refractivity contribution >= 4 is 5.91 Å². The summed E-state index contributed by atoms with van der Waals surface area (Å²) >= 11 is 0. The molecule has 1 aliphatic carbocycles. The quantitative estimate of drug-likeness (QED) is 0.763. The van der Waals surface area contributed by atoms with Crippen LogP contribution in [0, 0.1) is 5.92 Å². The highest BCUT2D eigenvalue weighted by Crippen LogP contribution is 2.28. The van der Waals surface area contributed by atoms with Gasteiger partial charge in [-0.15, -0.1) is 0 Å². The Morgan fingerprint density at radius 3 is 2.75 bits per heavy atom. The number of carbonyl (C=O) groups is 1. The van der Waals surface area contributed by atoms with Gasteiger partial charge in [0.2, 0.25) is 5.91 Å². The third kappa shape index (κ3) is 5.52. The molecule has 24 heavy (non-hydrogen) atoms. The molecule has 2 N–H and O–H groups in total. The zero-order chi connectivity index (χ0) is 17.4. The molecule has 0 aromatic heterocycles. The molecule has 0 aliphatic heterocycles. The van der Waals surface area contributed by atoms with Crippen LogP contribution in [0.4, 0.5) is 0 Å². The van der Waals surface area contributed by atoms with E-state index in [0.29, 0.717) is 18.8 Å². The fourth-order valence-electron chi connectivity index (χ4n) is 3.71. The van der Waals surface area contributed by atoms with E-state index in [1.807, 2.05) is 24.3 Å². The smallest absolute Gasteiger partial charge is 0.220 e. The zero-order valence-corrected chi connectivity index (χ0v) is 15.0. The lowest BCUT2D eigenvalue weighted by Gasteiger charge is -2.31. The van der Waals surface area contributed by atoms with Gasteiger partial charge in [-0.2, -0.15) is 0 Å². The summed E-state index contributed by atoms with van der Waals surface area (Å²) in [4.78, 5) is 12.5. The van der Waals surface area contributed by atoms with E-state index < -0.39 is 0 Å². The van der Waals surface area contributed by atoms with E-state index in [1.54, 1.807) is 7.11 Å². The molecule has 0 spiro atoms. The maximum atomic E-state index is 12.5. The second-order valence-electron chi connectivity index (χ2n) is 6.97. The second kappa shape index (κ2) is 9.67. The largest absolute Gasteiger partial charge is 0.497 e. The van der Waals surface area contributed by atoms with E-state index in [4.69, 9.17) is 4.74 Å². The van der Waals surface area contributed by atoms with E-state index >= 15 is 0 Å². The number of rotatable bonds is 8. The molecule has 0 heterocycles. The first-order valence-electron chi connectivity index (χ1n) is 9.18. The molecule has 0 saturated heterocycles. The molecule has 0 radical (unpaired) electrons. The Morgan fingerprint density at radius 1 is 1.33 bits per heavy atom. The lowest BCUT2D eigenvalue weighted by Crippen LogP contribution is -2.42. The normalized spacial score (nSPS) is 18.0. The van der Waals surface area contributed by atoms with Gasteiger partial charge in [0.05, 0.1) is 7.11 Å². The van der Waals surface area contributed by atoms with Crippen LogP contribution in [0.3, 0.4) is 0 Å². The van der Waals surface area contributed by atoms with E-state index in [-0.39, 0.29) is 24.5 Å². The number of hydrogen-bond donors (Lipinski definition) is 2. The summed E-state index contributed by atoms with van der Waals surface area (Å²) < 4.78 is 5.26. The Bertz CT molecular complexity index is 511. The van der Waals surface area contributed by atoms with Gasteiger partial charge in [0.1, 0.15) is 5.75 Å². The maximum Gasteiger partial charge on any atom is 0.220 e. The Labute approximate surface area is 145 Å². The van der Waals surface area contributed by atoms with Crippen molar-refractivity contribution in [3.8, 4) is 5.75 Å². The molecular weight excluding hydrogens is 302 g/mol. The monoisotopic (exact) mass is 333 g/mol. The fourth-order valence-corrected chi connectivity index (χ4v) is 3.71. The van der Waals surface area contributed by atoms with Gasteiger partial charge in [-0.25, -0.2) is 0 Å². The molecule has 1 amide bonds. The van der Waals surface area contributed by atoms with Crippen LogP contribution in [0.2, 0.25) is 0 Å². The summed E-state index contributed by atoms with van der Waals surface area (Å²) in [5.41, 5.74) is 1.11. The number of aliphatic hydroxyl groups is 1. The molecule has 2 rings (SSSR count). The first kappa shape index (κ1) is 18.8. The van der Waals surface area contributed by atoms with E-state index in [0.717, 1.165) is 24.2 Å². The summed E-state index contributed by atoms with van der Waals surface area (Å²) in [6.07, 6.45) is 7.22. The summed E-state index contributed by atoms with van der Waals surface area (Å²) in [5, 5.41) is 12.5. The molecule has 4 nitrogen and oxygen atoms in total. The maximum absolute atomic E-state index is 12.5. The third-order valence-corrected chi connectivity index (χ3v) is 5.16. The van der Waals surface area contributed by atoms with Crippen LogP contribution in [0.1, 0.15) is 63.4 Å². The number of amides is 1. The number of carbonyl (C=O) groups excluding carboxylic acids is 1. The van der Waals surface area contributed by atoms with Gasteiger partial charge in [0.15, 0.2) is 0 Å². The van der Waals surface area contributed by atoms with Gasteiger partial charge in [-0.3, -0.25) is 4.79 Å². The van der Waals surface area contributed by atoms with Gasteiger partial charge in [0, 0.05) is 19.1 Å². The number of hydrogen-bond acceptors (Lipinski definition) is 3. The van der Waals surface area contributed by atoms with Crippen molar-refractivity contribution in [2.45, 2.75) is 63.8 Å². The highest BCUT2D eigenvalue weighted by Gasteiger charge is 2.25. The molecule has 1 aromatic rings. The standard InChI is InChI=1S/C20H31NO3/c1-15(17-9-6-10-18(14-17)24-2)13-20(23)21-19(11-12-22)16-7-4-3-5-8-16/h6,9-10,14-16,19,22H,3-5,7-8,11-13H2,1-2H3,(H,21,23). The van der Waals surface area contributed by atoms with Crippen LogP contribution < -0.4 is 10.1 Å². The zero-order valence-electron chi connectivity index (χ0n) is 15.0. The molecule has 1 aliphatic rings. The minimum Gasteiger partial charge on any atom is -0.497 e. The van der Waals surface area contributed by atoms with Crippen molar-refractivity contribution in [3.05, 3.63) is 29.8 Å². The van der Waals surface area contributed by atoms with Crippen LogP contribution in [0.25, 0.3) is 0 Å². The van der Waals surface area contributed by atoms with Crippen molar-refractivity contribution < 1.29 is 14.6 Å². The number of benzene rings is 1. The predicted molar refractivity (Wildman–Crippen MR) is 96.2 cm³/mol. The Hall–Kier alpha value is -1.55. The third-order valence-electron chi connectivity index (χ3n) is 5.16. The molecule has 134 valence electrons. The molecule has 1 fully saturated rings. The molecular formula is C20H31NO3. The topological polar surface area (TPSA) is 58.6 Å². The predicted octanol–water partition coefficient (Wildman–Crippen LogP) is 3.64. The van der Waals surface area contributed by atoms with Crippen LogP contribution in [-0.4, -0.2) is 30.8 Å². The lowest BCUT2D eigenvalue weighted by molar-refractivity contribution is -0.122. The van der Waals surface area contributed by atoms with Crippen molar-refractivity contribution in [1.82, 2.24) is 5.32 Å². The van der Waals surface area contributed by atoms with Crippen molar-refractivity contribution in [1.29, 1.82) is 0 Å². The molecule has 0 bridgehead atoms. The SMILES string of the molecule is COc1cccc(C(C)CC(=O)NC(CCO)C2CCCCC2)c1.